The number of aliphatic hydroxyl groups is 1. The molecule has 0 radical (unpaired) electrons. The number of rotatable bonds is 3. The highest BCUT2D eigenvalue weighted by atomic mass is 16.5. The van der Waals surface area contributed by atoms with Gasteiger partial charge in [0.15, 0.2) is 5.95 Å². The summed E-state index contributed by atoms with van der Waals surface area (Å²) in [5.41, 5.74) is 2.87. The SMILES string of the molecule is C=C[C@]1(C)C[C@@H](OC(=O)c2cnc(N)[nH]c2=O)[C@]2(C)C(C)CCC3(CCC(=O)C32)[C@@H](C)[C@@H]1O. The highest BCUT2D eigenvalue weighted by Crippen LogP contribution is 2.68. The summed E-state index contributed by atoms with van der Waals surface area (Å²) in [5.74, 6) is -1.04. The fourth-order valence-electron chi connectivity index (χ4n) is 7.25. The second-order valence-corrected chi connectivity index (χ2v) is 11.0. The molecule has 8 heteroatoms. The molecule has 8 atom stereocenters. The average Bonchev–Trinajstić information content (AvgIpc) is 3.12. The molecule has 0 aromatic carbocycles. The van der Waals surface area contributed by atoms with Gasteiger partial charge in [-0.05, 0) is 42.9 Å². The number of carbonyl (C=O) groups excluding carboxylic acids is 2. The van der Waals surface area contributed by atoms with Gasteiger partial charge in [-0.15, -0.1) is 6.58 Å². The number of carbonyl (C=O) groups is 2. The molecule has 2 bridgehead atoms. The molecule has 3 fully saturated rings. The van der Waals surface area contributed by atoms with Crippen molar-refractivity contribution in [1.82, 2.24) is 9.97 Å². The van der Waals surface area contributed by atoms with Crippen LogP contribution in [0, 0.1) is 34.0 Å². The Kier molecular flexibility index (Phi) is 5.59. The number of anilines is 1. The van der Waals surface area contributed by atoms with E-state index in [0.717, 1.165) is 25.5 Å². The van der Waals surface area contributed by atoms with Gasteiger partial charge < -0.3 is 15.6 Å². The van der Waals surface area contributed by atoms with Crippen molar-refractivity contribution in [2.75, 3.05) is 5.73 Å². The third-order valence-corrected chi connectivity index (χ3v) is 9.59. The second kappa shape index (κ2) is 7.79. The van der Waals surface area contributed by atoms with Crippen molar-refractivity contribution in [1.29, 1.82) is 0 Å². The van der Waals surface area contributed by atoms with Crippen LogP contribution in [0.5, 0.6) is 0 Å². The Hall–Kier alpha value is -2.48. The lowest BCUT2D eigenvalue weighted by atomic mass is 9.44. The molecular formula is C25H35N3O5. The van der Waals surface area contributed by atoms with E-state index in [0.29, 0.717) is 12.8 Å². The zero-order chi connectivity index (χ0) is 24.3. The van der Waals surface area contributed by atoms with E-state index in [1.807, 2.05) is 6.92 Å². The van der Waals surface area contributed by atoms with Crippen LogP contribution in [-0.4, -0.2) is 39.0 Å². The highest BCUT2D eigenvalue weighted by molar-refractivity contribution is 5.89. The van der Waals surface area contributed by atoms with Crippen molar-refractivity contribution in [3.8, 4) is 0 Å². The van der Waals surface area contributed by atoms with Crippen molar-refractivity contribution in [2.24, 2.45) is 34.0 Å². The Balaban J connectivity index is 1.85. The minimum atomic E-state index is -0.807. The fraction of sp³-hybridized carbons (Fsp3) is 0.680. The van der Waals surface area contributed by atoms with E-state index in [2.05, 4.69) is 37.3 Å². The zero-order valence-corrected chi connectivity index (χ0v) is 19.9. The summed E-state index contributed by atoms with van der Waals surface area (Å²) in [6.45, 7) is 12.1. The molecule has 3 aliphatic carbocycles. The Morgan fingerprint density at radius 1 is 1.33 bits per heavy atom. The highest BCUT2D eigenvalue weighted by Gasteiger charge is 2.68. The van der Waals surface area contributed by atoms with E-state index in [1.54, 1.807) is 6.08 Å². The normalized spacial score (nSPS) is 42.7. The summed E-state index contributed by atoms with van der Waals surface area (Å²) < 4.78 is 6.08. The van der Waals surface area contributed by atoms with Gasteiger partial charge in [-0.3, -0.25) is 14.6 Å². The first-order valence-corrected chi connectivity index (χ1v) is 11.8. The van der Waals surface area contributed by atoms with Crippen molar-refractivity contribution >= 4 is 17.7 Å². The molecule has 1 aromatic heterocycles. The molecule has 3 saturated carbocycles. The maximum atomic E-state index is 13.4. The molecule has 4 rings (SSSR count). The monoisotopic (exact) mass is 457 g/mol. The van der Waals surface area contributed by atoms with Crippen LogP contribution in [0.3, 0.4) is 0 Å². The van der Waals surface area contributed by atoms with Gasteiger partial charge in [0.05, 0.1) is 12.3 Å². The van der Waals surface area contributed by atoms with E-state index in [4.69, 9.17) is 10.5 Å². The van der Waals surface area contributed by atoms with Gasteiger partial charge in [-0.2, -0.15) is 0 Å². The molecule has 33 heavy (non-hydrogen) atoms. The van der Waals surface area contributed by atoms with Gasteiger partial charge in [0.2, 0.25) is 0 Å². The Morgan fingerprint density at radius 3 is 2.67 bits per heavy atom. The number of ketones is 1. The van der Waals surface area contributed by atoms with E-state index in [-0.39, 0.29) is 40.5 Å². The van der Waals surface area contributed by atoms with Crippen molar-refractivity contribution in [3.63, 3.8) is 0 Å². The predicted octanol–water partition coefficient (Wildman–Crippen LogP) is 2.87. The van der Waals surface area contributed by atoms with E-state index in [9.17, 15) is 19.5 Å². The number of esters is 1. The summed E-state index contributed by atoms with van der Waals surface area (Å²) in [7, 11) is 0. The number of aromatic amines is 1. The maximum Gasteiger partial charge on any atom is 0.345 e. The molecule has 0 spiro atoms. The molecule has 4 N–H and O–H groups in total. The van der Waals surface area contributed by atoms with Gasteiger partial charge in [0.25, 0.3) is 5.56 Å². The number of hydrogen-bond acceptors (Lipinski definition) is 7. The standard InChI is InChI=1S/C25H35N3O5/c1-6-23(4)11-17(33-21(32)15-12-27-22(26)28-20(15)31)24(5)13(2)7-9-25(14(3)19(23)30)10-8-16(29)18(24)25/h6,12-14,17-19,30H,1,7-11H2,2-5H3,(H3,26,27,28,31)/t13?,14-,17+,18?,19-,23+,24-,25?/m0/s1. The predicted molar refractivity (Wildman–Crippen MR) is 123 cm³/mol. The second-order valence-electron chi connectivity index (χ2n) is 11.0. The molecule has 0 aliphatic heterocycles. The quantitative estimate of drug-likeness (QED) is 0.469. The van der Waals surface area contributed by atoms with Crippen molar-refractivity contribution in [3.05, 3.63) is 34.8 Å². The summed E-state index contributed by atoms with van der Waals surface area (Å²) in [5, 5.41) is 11.5. The van der Waals surface area contributed by atoms with Crippen LogP contribution in [-0.2, 0) is 9.53 Å². The maximum absolute atomic E-state index is 13.4. The van der Waals surface area contributed by atoms with Crippen LogP contribution in [0.25, 0.3) is 0 Å². The first-order chi connectivity index (χ1) is 15.4. The molecule has 1 aromatic rings. The average molecular weight is 458 g/mol. The van der Waals surface area contributed by atoms with Gasteiger partial charge in [0, 0.05) is 23.2 Å². The lowest BCUT2D eigenvalue weighted by molar-refractivity contribution is -0.192. The van der Waals surface area contributed by atoms with Gasteiger partial charge in [0.1, 0.15) is 17.5 Å². The van der Waals surface area contributed by atoms with Crippen molar-refractivity contribution in [2.45, 2.75) is 72.0 Å². The zero-order valence-electron chi connectivity index (χ0n) is 19.9. The number of hydrogen-bond donors (Lipinski definition) is 3. The Morgan fingerprint density at radius 2 is 2.03 bits per heavy atom. The third kappa shape index (κ3) is 3.28. The first kappa shape index (κ1) is 23.7. The number of nitrogens with zero attached hydrogens (tertiary/aromatic N) is 1. The lowest BCUT2D eigenvalue weighted by Crippen LogP contribution is -2.63. The summed E-state index contributed by atoms with van der Waals surface area (Å²) in [4.78, 5) is 45.0. The fourth-order valence-corrected chi connectivity index (χ4v) is 7.25. The van der Waals surface area contributed by atoms with Crippen molar-refractivity contribution < 1.29 is 19.4 Å². The number of Topliss-reactive ketones (excluding diaryl/α,β-unsaturated/α-hetero) is 1. The van der Waals surface area contributed by atoms with Crippen LogP contribution in [0.1, 0.15) is 70.2 Å². The Labute approximate surface area is 194 Å². The number of ether oxygens (including phenoxy) is 1. The number of H-pyrrole nitrogens is 1. The Bertz CT molecular complexity index is 1050. The summed E-state index contributed by atoms with van der Waals surface area (Å²) >= 11 is 0. The van der Waals surface area contributed by atoms with E-state index >= 15 is 0 Å². The molecule has 3 unspecified atom stereocenters. The number of nitrogen functional groups attached to an aromatic ring is 1. The molecule has 1 heterocycles. The van der Waals surface area contributed by atoms with Crippen LogP contribution in [0.4, 0.5) is 5.95 Å². The molecule has 3 aliphatic rings. The van der Waals surface area contributed by atoms with Gasteiger partial charge in [-0.25, -0.2) is 9.78 Å². The smallest absolute Gasteiger partial charge is 0.345 e. The molecule has 0 amide bonds. The number of aliphatic hydroxyl groups excluding tert-OH is 1. The van der Waals surface area contributed by atoms with Gasteiger partial charge in [-0.1, -0.05) is 33.8 Å². The van der Waals surface area contributed by atoms with Crippen LogP contribution in [0.2, 0.25) is 0 Å². The molecular weight excluding hydrogens is 422 g/mol. The number of nitrogens with two attached hydrogens (primary N) is 1. The summed E-state index contributed by atoms with van der Waals surface area (Å²) in [6.07, 6.45) is 4.63. The molecule has 0 saturated heterocycles. The van der Waals surface area contributed by atoms with Crippen LogP contribution >= 0.6 is 0 Å². The van der Waals surface area contributed by atoms with Crippen LogP contribution < -0.4 is 11.3 Å². The first-order valence-electron chi connectivity index (χ1n) is 11.8. The molecule has 8 nitrogen and oxygen atoms in total. The number of nitrogens with one attached hydrogen (secondary N) is 1. The van der Waals surface area contributed by atoms with Crippen LogP contribution in [0.15, 0.2) is 23.6 Å². The minimum Gasteiger partial charge on any atom is -0.458 e. The van der Waals surface area contributed by atoms with Gasteiger partial charge >= 0.3 is 5.97 Å². The van der Waals surface area contributed by atoms with E-state index < -0.39 is 34.6 Å². The lowest BCUT2D eigenvalue weighted by Gasteiger charge is -2.61. The topological polar surface area (TPSA) is 135 Å². The van der Waals surface area contributed by atoms with E-state index in [1.165, 1.54) is 0 Å². The summed E-state index contributed by atoms with van der Waals surface area (Å²) in [6, 6.07) is 0. The largest absolute Gasteiger partial charge is 0.458 e. The number of aromatic nitrogens is 2. The molecule has 180 valence electrons. The minimum absolute atomic E-state index is 0.0898. The third-order valence-electron chi connectivity index (χ3n) is 9.59.